The number of hydrogen-bond acceptors (Lipinski definition) is 4. The van der Waals surface area contributed by atoms with Crippen molar-refractivity contribution < 1.29 is 13.2 Å². The van der Waals surface area contributed by atoms with Crippen LogP contribution in [0.5, 0.6) is 0 Å². The highest BCUT2D eigenvalue weighted by molar-refractivity contribution is 7.89. The van der Waals surface area contributed by atoms with Gasteiger partial charge in [-0.15, -0.1) is 0 Å². The van der Waals surface area contributed by atoms with Crippen LogP contribution in [0.25, 0.3) is 0 Å². The summed E-state index contributed by atoms with van der Waals surface area (Å²) in [6.45, 7) is 4.19. The van der Waals surface area contributed by atoms with E-state index in [2.05, 4.69) is 23.5 Å². The van der Waals surface area contributed by atoms with Crippen LogP contribution in [0.15, 0.2) is 53.4 Å². The van der Waals surface area contributed by atoms with Crippen LogP contribution in [-0.4, -0.2) is 56.3 Å². The first-order valence-corrected chi connectivity index (χ1v) is 12.6. The van der Waals surface area contributed by atoms with Crippen LogP contribution >= 0.6 is 0 Å². The van der Waals surface area contributed by atoms with Gasteiger partial charge in [0.1, 0.15) is 0 Å². The number of sulfonamides is 1. The zero-order chi connectivity index (χ0) is 21.8. The average Bonchev–Trinajstić information content (AvgIpc) is 2.79. The van der Waals surface area contributed by atoms with E-state index in [1.165, 1.54) is 28.3 Å². The molecule has 2 aromatic carbocycles. The van der Waals surface area contributed by atoms with E-state index in [0.29, 0.717) is 31.1 Å². The number of fused-ring (bicyclic) bond motifs is 1. The van der Waals surface area contributed by atoms with Gasteiger partial charge in [-0.3, -0.25) is 9.69 Å². The summed E-state index contributed by atoms with van der Waals surface area (Å²) in [4.78, 5) is 14.9. The van der Waals surface area contributed by atoms with E-state index < -0.39 is 10.0 Å². The second-order valence-electron chi connectivity index (χ2n) is 8.52. The zero-order valence-corrected chi connectivity index (χ0v) is 18.9. The number of benzene rings is 2. The average molecular weight is 442 g/mol. The third-order valence-corrected chi connectivity index (χ3v) is 8.24. The highest BCUT2D eigenvalue weighted by atomic mass is 32.2. The molecule has 166 valence electrons. The van der Waals surface area contributed by atoms with Gasteiger partial charge in [0.15, 0.2) is 0 Å². The molecule has 0 saturated carbocycles. The Morgan fingerprint density at radius 3 is 2.35 bits per heavy atom. The first-order valence-electron chi connectivity index (χ1n) is 11.1. The fourth-order valence-corrected chi connectivity index (χ4v) is 5.91. The Morgan fingerprint density at radius 2 is 1.65 bits per heavy atom. The number of nitrogens with zero attached hydrogens (tertiary/aromatic N) is 2. The van der Waals surface area contributed by atoms with Crippen molar-refractivity contribution in [2.45, 2.75) is 43.5 Å². The molecule has 1 atom stereocenters. The first-order chi connectivity index (χ1) is 14.9. The Bertz CT molecular complexity index is 1020. The molecule has 0 unspecified atom stereocenters. The monoisotopic (exact) mass is 441 g/mol. The van der Waals surface area contributed by atoms with Crippen LogP contribution in [0.2, 0.25) is 0 Å². The molecule has 31 heavy (non-hydrogen) atoms. The van der Waals surface area contributed by atoms with Crippen LogP contribution in [0.4, 0.5) is 0 Å². The Kier molecular flexibility index (Phi) is 6.74. The number of amides is 1. The lowest BCUT2D eigenvalue weighted by atomic mass is 9.89. The molecule has 0 radical (unpaired) electrons. The molecule has 1 heterocycles. The van der Waals surface area contributed by atoms with Crippen molar-refractivity contribution in [3.05, 3.63) is 65.2 Å². The van der Waals surface area contributed by atoms with Gasteiger partial charge in [-0.1, -0.05) is 36.4 Å². The maximum atomic E-state index is 12.7. The lowest BCUT2D eigenvalue weighted by molar-refractivity contribution is -0.123. The summed E-state index contributed by atoms with van der Waals surface area (Å²) in [5.41, 5.74) is 4.00. The van der Waals surface area contributed by atoms with Gasteiger partial charge in [-0.2, -0.15) is 4.31 Å². The molecule has 0 aromatic heterocycles. The molecule has 6 nitrogen and oxygen atoms in total. The molecular formula is C24H31N3O3S. The predicted molar refractivity (Wildman–Crippen MR) is 121 cm³/mol. The van der Waals surface area contributed by atoms with Crippen molar-refractivity contribution in [2.24, 2.45) is 0 Å². The first kappa shape index (κ1) is 22.0. The van der Waals surface area contributed by atoms with E-state index in [1.807, 2.05) is 11.8 Å². The molecule has 0 spiro atoms. The van der Waals surface area contributed by atoms with Crippen molar-refractivity contribution >= 4 is 15.9 Å². The molecule has 1 saturated heterocycles. The minimum Gasteiger partial charge on any atom is -0.348 e. The van der Waals surface area contributed by atoms with Crippen LogP contribution in [-0.2, 0) is 27.7 Å². The summed E-state index contributed by atoms with van der Waals surface area (Å²) in [5, 5.41) is 3.11. The predicted octanol–water partition coefficient (Wildman–Crippen LogP) is 2.75. The molecule has 4 rings (SSSR count). The van der Waals surface area contributed by atoms with E-state index in [9.17, 15) is 13.2 Å². The smallest absolute Gasteiger partial charge is 0.243 e. The van der Waals surface area contributed by atoms with E-state index in [1.54, 1.807) is 30.3 Å². The normalized spacial score (nSPS) is 18.9. The summed E-state index contributed by atoms with van der Waals surface area (Å²) in [5.74, 6) is -0.0235. The van der Waals surface area contributed by atoms with E-state index in [-0.39, 0.29) is 18.5 Å². The van der Waals surface area contributed by atoms with Gasteiger partial charge in [0, 0.05) is 26.2 Å². The van der Waals surface area contributed by atoms with Crippen molar-refractivity contribution in [1.29, 1.82) is 0 Å². The van der Waals surface area contributed by atoms with E-state index >= 15 is 0 Å². The Labute approximate surface area is 185 Å². The van der Waals surface area contributed by atoms with Gasteiger partial charge >= 0.3 is 0 Å². The van der Waals surface area contributed by atoms with Gasteiger partial charge in [-0.05, 0) is 61.4 Å². The fourth-order valence-electron chi connectivity index (χ4n) is 4.47. The third kappa shape index (κ3) is 5.17. The number of hydrogen-bond donors (Lipinski definition) is 1. The SMILES string of the molecule is C[C@H](NC(=O)CN1CCN(S(=O)(=O)c2ccccc2)CC1)c1ccc2c(c1)CCCC2. The molecule has 7 heteroatoms. The summed E-state index contributed by atoms with van der Waals surface area (Å²) in [6, 6.07) is 15.1. The van der Waals surface area contributed by atoms with Crippen LogP contribution in [0.3, 0.4) is 0 Å². The zero-order valence-electron chi connectivity index (χ0n) is 18.1. The fraction of sp³-hybridized carbons (Fsp3) is 0.458. The highest BCUT2D eigenvalue weighted by Gasteiger charge is 2.29. The molecule has 1 amide bonds. The second kappa shape index (κ2) is 9.51. The summed E-state index contributed by atoms with van der Waals surface area (Å²) in [6.07, 6.45) is 4.78. The van der Waals surface area contributed by atoms with Crippen molar-refractivity contribution in [3.8, 4) is 0 Å². The largest absolute Gasteiger partial charge is 0.348 e. The van der Waals surface area contributed by atoms with Crippen LogP contribution in [0.1, 0.15) is 42.5 Å². The number of nitrogens with one attached hydrogen (secondary N) is 1. The van der Waals surface area contributed by atoms with E-state index in [0.717, 1.165) is 18.4 Å². The maximum Gasteiger partial charge on any atom is 0.243 e. The number of rotatable bonds is 6. The Balaban J connectivity index is 1.28. The summed E-state index contributed by atoms with van der Waals surface area (Å²) < 4.78 is 27.0. The molecule has 1 N–H and O–H groups in total. The second-order valence-corrected chi connectivity index (χ2v) is 10.5. The summed E-state index contributed by atoms with van der Waals surface area (Å²) >= 11 is 0. The quantitative estimate of drug-likeness (QED) is 0.748. The highest BCUT2D eigenvalue weighted by Crippen LogP contribution is 2.25. The molecule has 2 aromatic rings. The molecule has 1 fully saturated rings. The lowest BCUT2D eigenvalue weighted by Gasteiger charge is -2.33. The number of aryl methyl sites for hydroxylation is 2. The molecule has 0 bridgehead atoms. The van der Waals surface area contributed by atoms with Crippen molar-refractivity contribution in [2.75, 3.05) is 32.7 Å². The minimum absolute atomic E-state index is 0.0235. The number of carbonyl (C=O) groups is 1. The number of piperazine rings is 1. The molecule has 1 aliphatic carbocycles. The minimum atomic E-state index is -3.47. The maximum absolute atomic E-state index is 12.7. The van der Waals surface area contributed by atoms with Gasteiger partial charge in [0.05, 0.1) is 17.5 Å². The van der Waals surface area contributed by atoms with Gasteiger partial charge < -0.3 is 5.32 Å². The topological polar surface area (TPSA) is 69.7 Å². The van der Waals surface area contributed by atoms with Crippen LogP contribution < -0.4 is 5.32 Å². The Morgan fingerprint density at radius 1 is 0.968 bits per heavy atom. The van der Waals surface area contributed by atoms with Gasteiger partial charge in [-0.25, -0.2) is 8.42 Å². The standard InChI is InChI=1S/C24H31N3O3S/c1-19(21-12-11-20-7-5-6-8-22(20)17-21)25-24(28)18-26-13-15-27(16-14-26)31(29,30)23-9-3-2-4-10-23/h2-4,9-12,17,19H,5-8,13-16,18H2,1H3,(H,25,28)/t19-/m0/s1. The van der Waals surface area contributed by atoms with Gasteiger partial charge in [0.25, 0.3) is 0 Å². The molecule has 2 aliphatic rings. The van der Waals surface area contributed by atoms with Crippen molar-refractivity contribution in [3.63, 3.8) is 0 Å². The summed E-state index contributed by atoms with van der Waals surface area (Å²) in [7, 11) is -3.47. The van der Waals surface area contributed by atoms with E-state index in [4.69, 9.17) is 0 Å². The van der Waals surface area contributed by atoms with Gasteiger partial charge in [0.2, 0.25) is 15.9 Å². The molecule has 1 aliphatic heterocycles. The lowest BCUT2D eigenvalue weighted by Crippen LogP contribution is -2.51. The van der Waals surface area contributed by atoms with Crippen LogP contribution in [0, 0.1) is 0 Å². The molecular weight excluding hydrogens is 410 g/mol. The number of carbonyl (C=O) groups excluding carboxylic acids is 1. The van der Waals surface area contributed by atoms with Crippen molar-refractivity contribution in [1.82, 2.24) is 14.5 Å². The Hall–Kier alpha value is -2.22. The third-order valence-electron chi connectivity index (χ3n) is 6.33.